The van der Waals surface area contributed by atoms with Crippen LogP contribution in [0.4, 0.5) is 0 Å². The molecule has 1 aromatic carbocycles. The monoisotopic (exact) mass is 400 g/mol. The number of Topliss-reactive ketones (excluding diaryl/α,β-unsaturated/α-hetero) is 1. The highest BCUT2D eigenvalue weighted by atomic mass is 16.5. The van der Waals surface area contributed by atoms with E-state index >= 15 is 0 Å². The summed E-state index contributed by atoms with van der Waals surface area (Å²) in [4.78, 5) is 36.7. The molecule has 1 N–H and O–H groups in total. The normalized spacial score (nSPS) is 10.5. The van der Waals surface area contributed by atoms with Crippen LogP contribution in [0, 0.1) is 13.8 Å². The number of rotatable bonds is 10. The number of ketones is 1. The Balaban J connectivity index is 1.88. The topological polar surface area (TPSA) is 86.6 Å². The molecular formula is C22H28N2O5. The molecule has 7 heteroatoms. The van der Waals surface area contributed by atoms with Crippen molar-refractivity contribution in [1.29, 1.82) is 0 Å². The highest BCUT2D eigenvalue weighted by Gasteiger charge is 2.18. The molecule has 0 aliphatic carbocycles. The molecule has 0 fully saturated rings. The fraction of sp³-hybridized carbons (Fsp3) is 0.409. The predicted octanol–water partition coefficient (Wildman–Crippen LogP) is 3.07. The third-order valence-electron chi connectivity index (χ3n) is 4.51. The molecule has 0 unspecified atom stereocenters. The molecule has 0 atom stereocenters. The Morgan fingerprint density at radius 1 is 1.07 bits per heavy atom. The van der Waals surface area contributed by atoms with Gasteiger partial charge in [-0.1, -0.05) is 19.1 Å². The molecular weight excluding hydrogens is 372 g/mol. The first-order chi connectivity index (χ1) is 13.9. The Morgan fingerprint density at radius 3 is 2.48 bits per heavy atom. The Bertz CT molecular complexity index is 885. The van der Waals surface area contributed by atoms with Gasteiger partial charge in [-0.05, 0) is 45.4 Å². The van der Waals surface area contributed by atoms with Crippen molar-refractivity contribution in [3.63, 3.8) is 0 Å². The van der Waals surface area contributed by atoms with E-state index in [1.54, 1.807) is 24.3 Å². The summed E-state index contributed by atoms with van der Waals surface area (Å²) >= 11 is 0. The van der Waals surface area contributed by atoms with Crippen LogP contribution in [0.2, 0.25) is 0 Å². The van der Waals surface area contributed by atoms with Crippen molar-refractivity contribution < 1.29 is 23.9 Å². The van der Waals surface area contributed by atoms with Crippen molar-refractivity contribution in [1.82, 2.24) is 9.88 Å². The Kier molecular flexibility index (Phi) is 8.00. The molecule has 2 aromatic rings. The van der Waals surface area contributed by atoms with Crippen LogP contribution in [-0.2, 0) is 16.1 Å². The number of aromatic nitrogens is 1. The van der Waals surface area contributed by atoms with Crippen molar-refractivity contribution in [2.45, 2.75) is 40.7 Å². The molecule has 0 aliphatic heterocycles. The van der Waals surface area contributed by atoms with Gasteiger partial charge < -0.3 is 19.4 Å². The zero-order valence-corrected chi connectivity index (χ0v) is 17.4. The van der Waals surface area contributed by atoms with E-state index in [0.717, 1.165) is 24.4 Å². The van der Waals surface area contributed by atoms with Gasteiger partial charge in [0.15, 0.2) is 6.61 Å². The maximum absolute atomic E-state index is 12.4. The number of nitrogens with one attached hydrogen (secondary N) is 1. The fourth-order valence-electron chi connectivity index (χ4n) is 3.11. The SMILES string of the molecule is CCCn1c(C)cc(C(=O)COC(=O)CNC(=O)c2ccccc2OCC)c1C. The van der Waals surface area contributed by atoms with Gasteiger partial charge in [-0.2, -0.15) is 0 Å². The van der Waals surface area contributed by atoms with Crippen LogP contribution >= 0.6 is 0 Å². The van der Waals surface area contributed by atoms with Crippen LogP contribution in [0.25, 0.3) is 0 Å². The smallest absolute Gasteiger partial charge is 0.325 e. The summed E-state index contributed by atoms with van der Waals surface area (Å²) in [5.74, 6) is -0.941. The molecule has 7 nitrogen and oxygen atoms in total. The van der Waals surface area contributed by atoms with Crippen LogP contribution in [0.15, 0.2) is 30.3 Å². The average Bonchev–Trinajstić information content (AvgIpc) is 2.99. The number of hydrogen-bond donors (Lipinski definition) is 1. The largest absolute Gasteiger partial charge is 0.493 e. The minimum atomic E-state index is -0.678. The molecule has 0 aliphatic rings. The lowest BCUT2D eigenvalue weighted by atomic mass is 10.1. The van der Waals surface area contributed by atoms with Gasteiger partial charge in [0.1, 0.15) is 12.3 Å². The molecule has 0 saturated heterocycles. The minimum absolute atomic E-state index is 0.262. The third kappa shape index (κ3) is 5.70. The second-order valence-corrected chi connectivity index (χ2v) is 6.63. The predicted molar refractivity (Wildman–Crippen MR) is 109 cm³/mol. The lowest BCUT2D eigenvalue weighted by molar-refractivity contribution is -0.141. The summed E-state index contributed by atoms with van der Waals surface area (Å²) in [6.07, 6.45) is 0.963. The van der Waals surface area contributed by atoms with Crippen LogP contribution in [0.1, 0.15) is 52.4 Å². The van der Waals surface area contributed by atoms with Gasteiger partial charge in [-0.3, -0.25) is 14.4 Å². The van der Waals surface area contributed by atoms with E-state index in [1.165, 1.54) is 0 Å². The van der Waals surface area contributed by atoms with Crippen LogP contribution in [0.3, 0.4) is 0 Å². The van der Waals surface area contributed by atoms with Gasteiger partial charge in [0.05, 0.1) is 12.2 Å². The van der Waals surface area contributed by atoms with Crippen LogP contribution in [-0.4, -0.2) is 42.0 Å². The highest BCUT2D eigenvalue weighted by molar-refractivity contribution is 6.00. The summed E-state index contributed by atoms with van der Waals surface area (Å²) < 4.78 is 12.5. The number of nitrogens with zero attached hydrogens (tertiary/aromatic N) is 1. The molecule has 0 saturated carbocycles. The Hall–Kier alpha value is -3.09. The minimum Gasteiger partial charge on any atom is -0.493 e. The first-order valence-corrected chi connectivity index (χ1v) is 9.74. The van der Waals surface area contributed by atoms with Gasteiger partial charge in [-0.25, -0.2) is 0 Å². The van der Waals surface area contributed by atoms with E-state index in [4.69, 9.17) is 9.47 Å². The molecule has 0 bridgehead atoms. The Labute approximate surface area is 171 Å². The number of carbonyl (C=O) groups is 3. The van der Waals surface area contributed by atoms with Gasteiger partial charge in [0.25, 0.3) is 5.91 Å². The average molecular weight is 400 g/mol. The van der Waals surface area contributed by atoms with E-state index < -0.39 is 11.9 Å². The van der Waals surface area contributed by atoms with Crippen LogP contribution < -0.4 is 10.1 Å². The molecule has 0 radical (unpaired) electrons. The van der Waals surface area contributed by atoms with E-state index in [2.05, 4.69) is 16.8 Å². The van der Waals surface area contributed by atoms with Gasteiger partial charge >= 0.3 is 5.97 Å². The van der Waals surface area contributed by atoms with E-state index in [0.29, 0.717) is 23.5 Å². The molecule has 0 spiro atoms. The zero-order chi connectivity index (χ0) is 21.4. The number of benzene rings is 1. The lowest BCUT2D eigenvalue weighted by Gasteiger charge is -2.10. The summed E-state index contributed by atoms with van der Waals surface area (Å²) in [5, 5.41) is 2.49. The summed E-state index contributed by atoms with van der Waals surface area (Å²) in [6, 6.07) is 8.59. The number of hydrogen-bond acceptors (Lipinski definition) is 5. The maximum Gasteiger partial charge on any atom is 0.325 e. The molecule has 1 heterocycles. The molecule has 156 valence electrons. The highest BCUT2D eigenvalue weighted by Crippen LogP contribution is 2.18. The Morgan fingerprint density at radius 2 is 1.79 bits per heavy atom. The van der Waals surface area contributed by atoms with Crippen molar-refractivity contribution in [3.05, 3.63) is 52.8 Å². The number of carbonyl (C=O) groups excluding carboxylic acids is 3. The lowest BCUT2D eigenvalue weighted by Crippen LogP contribution is -2.31. The van der Waals surface area contributed by atoms with Crippen molar-refractivity contribution >= 4 is 17.7 Å². The van der Waals surface area contributed by atoms with Gasteiger partial charge in [0.2, 0.25) is 5.78 Å². The fourth-order valence-corrected chi connectivity index (χ4v) is 3.11. The third-order valence-corrected chi connectivity index (χ3v) is 4.51. The molecule has 29 heavy (non-hydrogen) atoms. The van der Waals surface area contributed by atoms with Crippen LogP contribution in [0.5, 0.6) is 5.75 Å². The van der Waals surface area contributed by atoms with E-state index in [-0.39, 0.29) is 18.9 Å². The van der Waals surface area contributed by atoms with Crippen molar-refractivity contribution in [3.8, 4) is 5.75 Å². The number of amides is 1. The van der Waals surface area contributed by atoms with E-state index in [1.807, 2.05) is 26.8 Å². The number of esters is 1. The molecule has 1 aromatic heterocycles. The standard InChI is InChI=1S/C22H28N2O5/c1-5-11-24-15(3)12-18(16(24)4)19(25)14-29-21(26)13-23-22(27)17-9-7-8-10-20(17)28-6-2/h7-10,12H,5-6,11,13-14H2,1-4H3,(H,23,27). The van der Waals surface area contributed by atoms with E-state index in [9.17, 15) is 14.4 Å². The van der Waals surface area contributed by atoms with Crippen molar-refractivity contribution in [2.24, 2.45) is 0 Å². The van der Waals surface area contributed by atoms with Crippen molar-refractivity contribution in [2.75, 3.05) is 19.8 Å². The number of para-hydroxylation sites is 1. The van der Waals surface area contributed by atoms with Gasteiger partial charge in [-0.15, -0.1) is 0 Å². The summed E-state index contributed by atoms with van der Waals surface area (Å²) in [7, 11) is 0. The number of ether oxygens (including phenoxy) is 2. The number of aryl methyl sites for hydroxylation is 1. The zero-order valence-electron chi connectivity index (χ0n) is 17.4. The molecule has 1 amide bonds. The maximum atomic E-state index is 12.4. The first-order valence-electron chi connectivity index (χ1n) is 9.74. The van der Waals surface area contributed by atoms with Gasteiger partial charge in [0, 0.05) is 23.5 Å². The first kappa shape index (κ1) is 22.2. The summed E-state index contributed by atoms with van der Waals surface area (Å²) in [5.41, 5.74) is 2.76. The quantitative estimate of drug-likeness (QED) is 0.489. The second kappa shape index (κ2) is 10.5. The molecule has 2 rings (SSSR count). The summed E-state index contributed by atoms with van der Waals surface area (Å²) in [6.45, 7) is 8.29. The second-order valence-electron chi connectivity index (χ2n) is 6.63.